The molecule has 1 nitrogen and oxygen atoms in total. The highest BCUT2D eigenvalue weighted by atomic mass is 35.5. The van der Waals surface area contributed by atoms with Gasteiger partial charge in [0.1, 0.15) is 5.82 Å². The van der Waals surface area contributed by atoms with Gasteiger partial charge in [0.05, 0.1) is 12.0 Å². The van der Waals surface area contributed by atoms with E-state index >= 15 is 0 Å². The number of nitrogens with two attached hydrogens (primary N) is 1. The third-order valence-corrected chi connectivity index (χ3v) is 2.17. The van der Waals surface area contributed by atoms with Crippen LogP contribution < -0.4 is 5.73 Å². The zero-order valence-corrected chi connectivity index (χ0v) is 9.96. The maximum absolute atomic E-state index is 12.7. The third-order valence-electron chi connectivity index (χ3n) is 2.17. The van der Waals surface area contributed by atoms with E-state index in [1.54, 1.807) is 0 Å². The van der Waals surface area contributed by atoms with Crippen LogP contribution in [0.3, 0.4) is 0 Å². The summed E-state index contributed by atoms with van der Waals surface area (Å²) in [5.41, 5.74) is 2.82. The van der Waals surface area contributed by atoms with Crippen LogP contribution in [0, 0.1) is 5.82 Å². The lowest BCUT2D eigenvalue weighted by Gasteiger charge is -2.19. The number of rotatable bonds is 2. The highest BCUT2D eigenvalue weighted by Gasteiger charge is 2.38. The number of hydrogen-bond acceptors (Lipinski definition) is 1. The summed E-state index contributed by atoms with van der Waals surface area (Å²) in [5, 5.41) is 0. The molecule has 1 aromatic rings. The summed E-state index contributed by atoms with van der Waals surface area (Å²) in [6.45, 7) is 0. The molecule has 0 saturated heterocycles. The second kappa shape index (κ2) is 5.96. The maximum atomic E-state index is 12.7. The van der Waals surface area contributed by atoms with Gasteiger partial charge in [-0.3, -0.25) is 0 Å². The van der Waals surface area contributed by atoms with Crippen LogP contribution in [-0.4, -0.2) is 6.18 Å². The molecule has 0 aliphatic carbocycles. The van der Waals surface area contributed by atoms with Gasteiger partial charge in [-0.05, 0) is 17.7 Å². The molecule has 110 valence electrons. The van der Waals surface area contributed by atoms with Crippen LogP contribution >= 0.6 is 12.4 Å². The fraction of sp³-hybridized carbons (Fsp3) is 0.400. The predicted octanol–water partition coefficient (Wildman–Crippen LogP) is 4.22. The van der Waals surface area contributed by atoms with E-state index in [0.29, 0.717) is 12.1 Å². The molecule has 0 aromatic heterocycles. The lowest BCUT2D eigenvalue weighted by molar-refractivity contribution is -0.144. The summed E-state index contributed by atoms with van der Waals surface area (Å²) >= 11 is 0. The minimum Gasteiger partial charge on any atom is -0.324 e. The van der Waals surface area contributed by atoms with Crippen LogP contribution in [0.2, 0.25) is 0 Å². The number of halogens is 8. The van der Waals surface area contributed by atoms with Gasteiger partial charge in [-0.15, -0.1) is 12.4 Å². The Bertz CT molecular complexity index is 427. The smallest absolute Gasteiger partial charge is 0.324 e. The van der Waals surface area contributed by atoms with Gasteiger partial charge in [0.15, 0.2) is 0 Å². The summed E-state index contributed by atoms with van der Waals surface area (Å²) in [5.74, 6) is -1.19. The van der Waals surface area contributed by atoms with E-state index in [0.717, 1.165) is 0 Å². The Labute approximate surface area is 110 Å². The van der Waals surface area contributed by atoms with Crippen molar-refractivity contribution in [3.05, 3.63) is 35.1 Å². The van der Waals surface area contributed by atoms with Crippen LogP contribution in [0.5, 0.6) is 0 Å². The molecule has 0 unspecified atom stereocenters. The van der Waals surface area contributed by atoms with E-state index in [1.807, 2.05) is 0 Å². The van der Waals surface area contributed by atoms with Crippen molar-refractivity contribution in [3.63, 3.8) is 0 Å². The van der Waals surface area contributed by atoms with Crippen LogP contribution in [0.1, 0.15) is 23.6 Å². The molecule has 0 aliphatic rings. The highest BCUT2D eigenvalue weighted by Crippen LogP contribution is 2.37. The number of hydrogen-bond donors (Lipinski definition) is 1. The molecule has 0 radical (unpaired) electrons. The van der Waals surface area contributed by atoms with Gasteiger partial charge in [0.25, 0.3) is 0 Å². The third kappa shape index (κ3) is 5.23. The molecule has 0 amide bonds. The molecule has 2 N–H and O–H groups in total. The summed E-state index contributed by atoms with van der Waals surface area (Å²) in [7, 11) is 0. The zero-order chi connectivity index (χ0) is 14.1. The van der Waals surface area contributed by atoms with Crippen LogP contribution in [0.4, 0.5) is 30.7 Å². The molecular formula is C10H9ClF7N. The van der Waals surface area contributed by atoms with Crippen molar-refractivity contribution in [1.82, 2.24) is 0 Å². The van der Waals surface area contributed by atoms with Gasteiger partial charge in [0.2, 0.25) is 0 Å². The van der Waals surface area contributed by atoms with Crippen LogP contribution in [-0.2, 0) is 6.18 Å². The van der Waals surface area contributed by atoms with E-state index in [9.17, 15) is 30.7 Å². The zero-order valence-electron chi connectivity index (χ0n) is 9.15. The van der Waals surface area contributed by atoms with E-state index in [1.165, 1.54) is 0 Å². The Hall–Kier alpha value is -1.02. The number of benzene rings is 1. The van der Waals surface area contributed by atoms with Gasteiger partial charge >= 0.3 is 12.4 Å². The van der Waals surface area contributed by atoms with Gasteiger partial charge in [0, 0.05) is 6.04 Å². The van der Waals surface area contributed by atoms with E-state index < -0.39 is 41.8 Å². The minimum atomic E-state index is -4.96. The molecule has 1 rings (SSSR count). The summed E-state index contributed by atoms with van der Waals surface area (Å²) in [4.78, 5) is 0. The second-order valence-corrected chi connectivity index (χ2v) is 3.66. The molecule has 0 bridgehead atoms. The first-order valence-corrected chi connectivity index (χ1v) is 4.69. The average molecular weight is 312 g/mol. The van der Waals surface area contributed by atoms with Crippen molar-refractivity contribution in [2.45, 2.75) is 24.8 Å². The largest absolute Gasteiger partial charge is 0.416 e. The molecule has 1 atom stereocenters. The van der Waals surface area contributed by atoms with Crippen molar-refractivity contribution >= 4 is 12.4 Å². The SMILES string of the molecule is Cl.N[C@@H](CC(F)(F)F)c1ccc(F)cc1C(F)(F)F. The fourth-order valence-corrected chi connectivity index (χ4v) is 1.46. The lowest BCUT2D eigenvalue weighted by Crippen LogP contribution is -2.23. The first-order valence-electron chi connectivity index (χ1n) is 4.69. The van der Waals surface area contributed by atoms with Crippen molar-refractivity contribution in [1.29, 1.82) is 0 Å². The quantitative estimate of drug-likeness (QED) is 0.813. The van der Waals surface area contributed by atoms with Crippen LogP contribution in [0.15, 0.2) is 18.2 Å². The maximum Gasteiger partial charge on any atom is 0.416 e. The Morgan fingerprint density at radius 1 is 1.05 bits per heavy atom. The Balaban J connectivity index is 0.00000324. The number of alkyl halides is 6. The van der Waals surface area contributed by atoms with E-state index in [2.05, 4.69) is 0 Å². The van der Waals surface area contributed by atoms with E-state index in [4.69, 9.17) is 5.73 Å². The average Bonchev–Trinajstić information content (AvgIpc) is 2.13. The van der Waals surface area contributed by atoms with Crippen molar-refractivity contribution < 1.29 is 30.7 Å². The molecule has 1 aromatic carbocycles. The second-order valence-electron chi connectivity index (χ2n) is 3.66. The molecule has 0 saturated carbocycles. The molecule has 9 heteroatoms. The summed E-state index contributed by atoms with van der Waals surface area (Å²) in [6, 6.07) is -0.497. The standard InChI is InChI=1S/C10H8F7N.ClH/c11-5-1-2-6(7(3-5)10(15,16)17)8(18)4-9(12,13)14;/h1-3,8H,4,18H2;1H/t8-;/m0./s1. The first-order chi connectivity index (χ1) is 8.00. The lowest BCUT2D eigenvalue weighted by atomic mass is 9.98. The Morgan fingerprint density at radius 3 is 2.00 bits per heavy atom. The molecule has 0 aliphatic heterocycles. The molecule has 0 heterocycles. The Morgan fingerprint density at radius 2 is 1.58 bits per heavy atom. The van der Waals surface area contributed by atoms with E-state index in [-0.39, 0.29) is 18.5 Å². The van der Waals surface area contributed by atoms with Crippen LogP contribution in [0.25, 0.3) is 0 Å². The fourth-order valence-electron chi connectivity index (χ4n) is 1.46. The van der Waals surface area contributed by atoms with Gasteiger partial charge in [-0.2, -0.15) is 26.3 Å². The molecule has 19 heavy (non-hydrogen) atoms. The first kappa shape index (κ1) is 18.0. The molecule has 0 spiro atoms. The predicted molar refractivity (Wildman–Crippen MR) is 56.3 cm³/mol. The van der Waals surface area contributed by atoms with Gasteiger partial charge < -0.3 is 5.73 Å². The monoisotopic (exact) mass is 311 g/mol. The molecular weight excluding hydrogens is 303 g/mol. The Kier molecular flexibility index (Phi) is 5.64. The minimum absolute atomic E-state index is 0. The summed E-state index contributed by atoms with van der Waals surface area (Å²) < 4.78 is 86.5. The van der Waals surface area contributed by atoms with Crippen molar-refractivity contribution in [3.8, 4) is 0 Å². The topological polar surface area (TPSA) is 26.0 Å². The highest BCUT2D eigenvalue weighted by molar-refractivity contribution is 5.85. The normalized spacial score (nSPS) is 13.9. The summed E-state index contributed by atoms with van der Waals surface area (Å²) in [6.07, 6.45) is -11.3. The van der Waals surface area contributed by atoms with Gasteiger partial charge in [-0.1, -0.05) is 6.07 Å². The van der Waals surface area contributed by atoms with Crippen molar-refractivity contribution in [2.24, 2.45) is 5.73 Å². The van der Waals surface area contributed by atoms with Gasteiger partial charge in [-0.25, -0.2) is 4.39 Å². The van der Waals surface area contributed by atoms with Crippen molar-refractivity contribution in [2.75, 3.05) is 0 Å². The molecule has 0 fully saturated rings.